The lowest BCUT2D eigenvalue weighted by atomic mass is 10.1. The molecule has 108 valence electrons. The van der Waals surface area contributed by atoms with E-state index < -0.39 is 0 Å². The lowest BCUT2D eigenvalue weighted by molar-refractivity contribution is 0.786. The Bertz CT molecular complexity index is 936. The number of aromatic nitrogens is 6. The van der Waals surface area contributed by atoms with Crippen LogP contribution in [0.3, 0.4) is 0 Å². The number of H-pyrrole nitrogens is 1. The average molecular weight is 291 g/mol. The largest absolute Gasteiger partial charge is 0.383 e. The van der Waals surface area contributed by atoms with Gasteiger partial charge in [0.15, 0.2) is 11.5 Å². The molecule has 0 saturated carbocycles. The van der Waals surface area contributed by atoms with Crippen LogP contribution in [-0.2, 0) is 7.05 Å². The number of rotatable bonds is 2. The Balaban J connectivity index is 1.80. The first-order chi connectivity index (χ1) is 10.7. The van der Waals surface area contributed by atoms with E-state index in [0.717, 1.165) is 27.7 Å². The molecule has 3 aromatic heterocycles. The van der Waals surface area contributed by atoms with Crippen molar-refractivity contribution >= 4 is 16.9 Å². The molecular weight excluding hydrogens is 278 g/mol. The average Bonchev–Trinajstić information content (AvgIpc) is 3.18. The number of aromatic amines is 1. The molecule has 4 rings (SSSR count). The molecule has 0 saturated heterocycles. The van der Waals surface area contributed by atoms with Gasteiger partial charge in [-0.1, -0.05) is 24.3 Å². The van der Waals surface area contributed by atoms with Crippen molar-refractivity contribution in [3.05, 3.63) is 42.9 Å². The number of aryl methyl sites for hydroxylation is 1. The van der Waals surface area contributed by atoms with Gasteiger partial charge in [0.1, 0.15) is 5.82 Å². The van der Waals surface area contributed by atoms with Gasteiger partial charge in [0.05, 0.1) is 17.8 Å². The van der Waals surface area contributed by atoms with Crippen molar-refractivity contribution in [3.8, 4) is 22.5 Å². The van der Waals surface area contributed by atoms with Crippen molar-refractivity contribution in [2.24, 2.45) is 7.05 Å². The second-order valence-corrected chi connectivity index (χ2v) is 5.00. The molecular formula is C15H13N7. The maximum Gasteiger partial charge on any atom is 0.163 e. The molecule has 3 N–H and O–H groups in total. The number of benzene rings is 1. The van der Waals surface area contributed by atoms with Crippen LogP contribution in [0, 0.1) is 0 Å². The van der Waals surface area contributed by atoms with Gasteiger partial charge in [0.2, 0.25) is 0 Å². The number of hydrogen-bond acceptors (Lipinski definition) is 5. The van der Waals surface area contributed by atoms with E-state index in [-0.39, 0.29) is 0 Å². The number of nitrogen functional groups attached to an aromatic ring is 1. The van der Waals surface area contributed by atoms with Gasteiger partial charge in [-0.3, -0.25) is 9.78 Å². The predicted octanol–water partition coefficient (Wildman–Crippen LogP) is 2.00. The number of nitrogens with two attached hydrogens (primary N) is 1. The van der Waals surface area contributed by atoms with Crippen molar-refractivity contribution in [1.29, 1.82) is 0 Å². The number of anilines is 1. The summed E-state index contributed by atoms with van der Waals surface area (Å²) in [7, 11) is 1.83. The highest BCUT2D eigenvalue weighted by Crippen LogP contribution is 2.25. The second kappa shape index (κ2) is 4.66. The molecule has 0 aliphatic rings. The van der Waals surface area contributed by atoms with Crippen LogP contribution >= 0.6 is 0 Å². The molecule has 3 heterocycles. The van der Waals surface area contributed by atoms with Gasteiger partial charge in [0.25, 0.3) is 0 Å². The smallest absolute Gasteiger partial charge is 0.163 e. The molecule has 7 heteroatoms. The third kappa shape index (κ3) is 1.91. The lowest BCUT2D eigenvalue weighted by Gasteiger charge is -2.04. The summed E-state index contributed by atoms with van der Waals surface area (Å²) in [6.45, 7) is 0. The second-order valence-electron chi connectivity index (χ2n) is 5.00. The third-order valence-corrected chi connectivity index (χ3v) is 3.60. The van der Waals surface area contributed by atoms with Crippen molar-refractivity contribution < 1.29 is 0 Å². The Hall–Kier alpha value is -3.22. The molecule has 0 amide bonds. The summed E-state index contributed by atoms with van der Waals surface area (Å²) in [5.41, 5.74) is 9.74. The highest BCUT2D eigenvalue weighted by atomic mass is 15.3. The van der Waals surface area contributed by atoms with E-state index in [9.17, 15) is 0 Å². The van der Waals surface area contributed by atoms with Gasteiger partial charge >= 0.3 is 0 Å². The first-order valence-corrected chi connectivity index (χ1v) is 6.77. The van der Waals surface area contributed by atoms with Gasteiger partial charge in [0, 0.05) is 24.4 Å². The van der Waals surface area contributed by atoms with Crippen LogP contribution in [0.2, 0.25) is 0 Å². The van der Waals surface area contributed by atoms with Crippen molar-refractivity contribution in [3.63, 3.8) is 0 Å². The van der Waals surface area contributed by atoms with Gasteiger partial charge < -0.3 is 5.73 Å². The van der Waals surface area contributed by atoms with Crippen LogP contribution in [0.15, 0.2) is 42.9 Å². The molecule has 7 nitrogen and oxygen atoms in total. The molecule has 1 aromatic carbocycles. The highest BCUT2D eigenvalue weighted by molar-refractivity contribution is 5.86. The number of nitrogens with one attached hydrogen (secondary N) is 1. The maximum absolute atomic E-state index is 6.00. The van der Waals surface area contributed by atoms with E-state index in [0.29, 0.717) is 11.6 Å². The van der Waals surface area contributed by atoms with E-state index in [1.807, 2.05) is 37.5 Å². The Labute approximate surface area is 125 Å². The third-order valence-electron chi connectivity index (χ3n) is 3.60. The van der Waals surface area contributed by atoms with Crippen LogP contribution < -0.4 is 5.73 Å². The van der Waals surface area contributed by atoms with Crippen molar-refractivity contribution in [2.75, 3.05) is 5.73 Å². The summed E-state index contributed by atoms with van der Waals surface area (Å²) in [5.74, 6) is 1.03. The number of nitrogens with zero attached hydrogens (tertiary/aromatic N) is 5. The fourth-order valence-electron chi connectivity index (χ4n) is 2.39. The standard InChI is InChI=1S/C15H13N7/c1-22-15-12(8-19-22)13(16)20-14(21-15)10-4-2-9(3-5-10)11-6-17-18-7-11/h2-8H,1H3,(H,17,18)(H2,16,20,21). The predicted molar refractivity (Wildman–Crippen MR) is 83.7 cm³/mol. The van der Waals surface area contributed by atoms with Crippen LogP contribution in [0.1, 0.15) is 0 Å². The molecule has 4 aromatic rings. The molecule has 0 bridgehead atoms. The molecule has 0 spiro atoms. The molecule has 0 fully saturated rings. The molecule has 0 unspecified atom stereocenters. The van der Waals surface area contributed by atoms with E-state index in [1.165, 1.54) is 0 Å². The quantitative estimate of drug-likeness (QED) is 0.588. The fraction of sp³-hybridized carbons (Fsp3) is 0.0667. The number of fused-ring (bicyclic) bond motifs is 1. The zero-order chi connectivity index (χ0) is 15.1. The zero-order valence-electron chi connectivity index (χ0n) is 11.9. The minimum absolute atomic E-state index is 0.437. The normalized spacial score (nSPS) is 11.1. The monoisotopic (exact) mass is 291 g/mol. The minimum Gasteiger partial charge on any atom is -0.383 e. The van der Waals surface area contributed by atoms with E-state index >= 15 is 0 Å². The molecule has 22 heavy (non-hydrogen) atoms. The molecule has 0 atom stereocenters. The minimum atomic E-state index is 0.437. The molecule has 0 aliphatic heterocycles. The van der Waals surface area contributed by atoms with Crippen LogP contribution in [-0.4, -0.2) is 29.9 Å². The summed E-state index contributed by atoms with van der Waals surface area (Å²) in [5, 5.41) is 11.7. The molecule has 0 aliphatic carbocycles. The van der Waals surface area contributed by atoms with Crippen LogP contribution in [0.25, 0.3) is 33.5 Å². The van der Waals surface area contributed by atoms with Crippen LogP contribution in [0.5, 0.6) is 0 Å². The van der Waals surface area contributed by atoms with Gasteiger partial charge in [-0.15, -0.1) is 0 Å². The molecule has 0 radical (unpaired) electrons. The first kappa shape index (κ1) is 12.5. The van der Waals surface area contributed by atoms with Gasteiger partial charge in [-0.25, -0.2) is 9.97 Å². The highest BCUT2D eigenvalue weighted by Gasteiger charge is 2.11. The summed E-state index contributed by atoms with van der Waals surface area (Å²) in [6, 6.07) is 7.96. The first-order valence-electron chi connectivity index (χ1n) is 6.77. The lowest BCUT2D eigenvalue weighted by Crippen LogP contribution is -1.99. The van der Waals surface area contributed by atoms with Gasteiger partial charge in [-0.05, 0) is 5.56 Å². The van der Waals surface area contributed by atoms with Gasteiger partial charge in [-0.2, -0.15) is 10.2 Å². The Morgan fingerprint density at radius 1 is 1.00 bits per heavy atom. The number of hydrogen-bond donors (Lipinski definition) is 2. The van der Waals surface area contributed by atoms with Crippen molar-refractivity contribution in [2.45, 2.75) is 0 Å². The topological polar surface area (TPSA) is 98.3 Å². The SMILES string of the molecule is Cn1ncc2c(N)nc(-c3ccc(-c4cn[nH]c4)cc3)nc21. The van der Waals surface area contributed by atoms with Crippen molar-refractivity contribution in [1.82, 2.24) is 29.9 Å². The summed E-state index contributed by atoms with van der Waals surface area (Å²) in [4.78, 5) is 8.92. The Kier molecular flexibility index (Phi) is 2.65. The van der Waals surface area contributed by atoms with E-state index in [1.54, 1.807) is 17.1 Å². The fourth-order valence-corrected chi connectivity index (χ4v) is 2.39. The zero-order valence-corrected chi connectivity index (χ0v) is 11.9. The summed E-state index contributed by atoms with van der Waals surface area (Å²) < 4.78 is 1.69. The van der Waals surface area contributed by atoms with Crippen LogP contribution in [0.4, 0.5) is 5.82 Å². The Morgan fingerprint density at radius 3 is 2.50 bits per heavy atom. The summed E-state index contributed by atoms with van der Waals surface area (Å²) in [6.07, 6.45) is 5.31. The maximum atomic E-state index is 6.00. The summed E-state index contributed by atoms with van der Waals surface area (Å²) >= 11 is 0. The van der Waals surface area contributed by atoms with E-state index in [2.05, 4.69) is 25.3 Å². The van der Waals surface area contributed by atoms with E-state index in [4.69, 9.17) is 5.73 Å². The Morgan fingerprint density at radius 2 is 1.77 bits per heavy atom.